The first kappa shape index (κ1) is 49.3. The molecule has 9 aromatic carbocycles. The fourth-order valence-electron chi connectivity index (χ4n) is 13.8. The lowest BCUT2D eigenvalue weighted by atomic mass is 9.62. The zero-order chi connectivity index (χ0) is 65.9. The zero-order valence-corrected chi connectivity index (χ0v) is 52.5. The number of pyridine rings is 1. The molecule has 0 saturated carbocycles. The fraction of sp³-hybridized carbons (Fsp3) is 0.268. The molecule has 4 heterocycles. The molecule has 0 atom stereocenters. The average Bonchev–Trinajstić information content (AvgIpc) is 1.64. The first-order valence-electron chi connectivity index (χ1n) is 33.8. The Morgan fingerprint density at radius 2 is 1.07 bits per heavy atom. The van der Waals surface area contributed by atoms with E-state index < -0.39 is 13.7 Å². The predicted octanol–water partition coefficient (Wildman–Crippen LogP) is 21.5. The van der Waals surface area contributed by atoms with Gasteiger partial charge in [0.15, 0.2) is 0 Å². The molecule has 0 amide bonds. The van der Waals surface area contributed by atoms with Crippen LogP contribution < -0.4 is 9.30 Å². The summed E-state index contributed by atoms with van der Waals surface area (Å²) in [6.07, 6.45) is 7.99. The summed E-state index contributed by atoms with van der Waals surface area (Å²) in [5, 5.41) is 2.18. The van der Waals surface area contributed by atoms with Gasteiger partial charge in [-0.1, -0.05) is 205 Å². The molecule has 0 fully saturated rings. The van der Waals surface area contributed by atoms with Gasteiger partial charge in [-0.3, -0.25) is 13.7 Å². The van der Waals surface area contributed by atoms with E-state index in [0.717, 1.165) is 96.2 Å². The maximum absolute atomic E-state index is 9.03. The van der Waals surface area contributed by atoms with E-state index in [2.05, 4.69) is 227 Å². The predicted molar refractivity (Wildman–Crippen MR) is 364 cm³/mol. The molecule has 1 aliphatic carbocycles. The monoisotopic (exact) mass is 1140 g/mol. The number of imidazole rings is 1. The molecule has 434 valence electrons. The van der Waals surface area contributed by atoms with E-state index in [1.165, 1.54) is 27.8 Å². The van der Waals surface area contributed by atoms with Crippen LogP contribution in [0.5, 0.6) is 11.5 Å². The van der Waals surface area contributed by atoms with E-state index in [1.54, 1.807) is 18.2 Å². The Morgan fingerprint density at radius 3 is 1.75 bits per heavy atom. The van der Waals surface area contributed by atoms with Gasteiger partial charge in [-0.2, -0.15) is 0 Å². The van der Waals surface area contributed by atoms with Crippen molar-refractivity contribution in [1.29, 1.82) is 0 Å². The van der Waals surface area contributed by atoms with Crippen LogP contribution in [0, 0.1) is 20.0 Å². The van der Waals surface area contributed by atoms with Crippen molar-refractivity contribution in [2.24, 2.45) is 0 Å². The summed E-state index contributed by atoms with van der Waals surface area (Å²) in [5.41, 5.74) is 19.1. The standard InChI is InChI=1S/C82H80N4O/c1-50-23-20-24-51(2)75(50)53-41-68-62-28-17-16-27-61(62)66-47-69-70(82(14,15)37-36-81(69,12)13)48-67(66)65-31-22-30-60(52-39-55(79(6,7)8)43-56(40-52)80(9,10)11)76(65)85-49-84(73(42-53)77(68)85)57-25-21-26-58(45-57)87-59-33-34-64-63-29-18-19-32-71(63)86(72(64)46-59)74-44-54(35-38-83-74)78(3,4)5/h16-35,38-48H,36-37H2,1-15H3/i1D3,2D3. The molecule has 2 aliphatic rings. The summed E-state index contributed by atoms with van der Waals surface area (Å²) in [6, 6.07) is 62.9. The van der Waals surface area contributed by atoms with Crippen LogP contribution in [0.25, 0.3) is 106 Å². The minimum atomic E-state index is -2.67. The second-order valence-corrected chi connectivity index (χ2v) is 28.9. The number of hydrogen-bond donors (Lipinski definition) is 0. The third kappa shape index (κ3) is 9.43. The number of nitrogens with zero attached hydrogens (tertiary/aromatic N) is 4. The van der Waals surface area contributed by atoms with Gasteiger partial charge < -0.3 is 4.74 Å². The van der Waals surface area contributed by atoms with E-state index in [1.807, 2.05) is 53.2 Å². The van der Waals surface area contributed by atoms with Crippen molar-refractivity contribution >= 4 is 32.8 Å². The first-order chi connectivity index (χ1) is 43.7. The van der Waals surface area contributed by atoms with Crippen LogP contribution in [0.1, 0.15) is 150 Å². The Morgan fingerprint density at radius 1 is 0.483 bits per heavy atom. The number of para-hydroxylation sites is 2. The highest BCUT2D eigenvalue weighted by Crippen LogP contribution is 2.53. The highest BCUT2D eigenvalue weighted by Gasteiger charge is 2.39. The smallest absolute Gasteiger partial charge is 0.269 e. The third-order valence-electron chi connectivity index (χ3n) is 18.9. The van der Waals surface area contributed by atoms with Gasteiger partial charge in [0.05, 0.1) is 33.4 Å². The maximum atomic E-state index is 9.03. The molecule has 14 rings (SSSR count). The van der Waals surface area contributed by atoms with E-state index in [-0.39, 0.29) is 43.8 Å². The number of rotatable bonds is 6. The van der Waals surface area contributed by atoms with Crippen LogP contribution >= 0.6 is 0 Å². The SMILES string of the molecule is [2H]C([2H])([2H])c1cccc(C([2H])([2H])[2H])c1-c1cc2c3c(c1)n(-c1cccc(Oc4ccc5c6ccccc6n(-c6cc(C(C)(C)C)ccn6)c5c4)c1)[c-][n+]3-c1c(-c3cc(C(C)(C)C)cc(C(C)(C)C)c3)cccc1-c1cc3c(cc1-c1ccccc1-2)C(C)(C)CCC3(C)C. The Balaban J connectivity index is 1.09. The van der Waals surface area contributed by atoms with Crippen LogP contribution in [-0.2, 0) is 27.1 Å². The van der Waals surface area contributed by atoms with Gasteiger partial charge in [0.25, 0.3) is 6.33 Å². The molecule has 0 bridgehead atoms. The fourth-order valence-corrected chi connectivity index (χ4v) is 13.8. The summed E-state index contributed by atoms with van der Waals surface area (Å²) >= 11 is 0. The molecule has 0 saturated heterocycles. The normalized spacial score (nSPS) is 15.8. The van der Waals surface area contributed by atoms with Gasteiger partial charge in [0, 0.05) is 31.3 Å². The van der Waals surface area contributed by atoms with E-state index in [4.69, 9.17) is 17.9 Å². The first-order valence-corrected chi connectivity index (χ1v) is 30.8. The van der Waals surface area contributed by atoms with Crippen molar-refractivity contribution in [3.63, 3.8) is 0 Å². The number of aromatic nitrogens is 4. The van der Waals surface area contributed by atoms with Crippen molar-refractivity contribution < 1.29 is 17.5 Å². The molecule has 0 radical (unpaired) electrons. The number of benzene rings is 9. The van der Waals surface area contributed by atoms with Gasteiger partial charge in [0.1, 0.15) is 17.3 Å². The molecule has 0 N–H and O–H groups in total. The van der Waals surface area contributed by atoms with Gasteiger partial charge in [-0.15, -0.1) is 0 Å². The molecule has 3 aromatic heterocycles. The largest absolute Gasteiger partial charge is 0.458 e. The van der Waals surface area contributed by atoms with E-state index >= 15 is 0 Å². The van der Waals surface area contributed by atoms with Crippen molar-refractivity contribution in [2.75, 3.05) is 0 Å². The van der Waals surface area contributed by atoms with Gasteiger partial charge >= 0.3 is 0 Å². The van der Waals surface area contributed by atoms with Crippen molar-refractivity contribution in [2.45, 2.75) is 144 Å². The molecule has 0 unspecified atom stereocenters. The third-order valence-corrected chi connectivity index (χ3v) is 18.9. The molecule has 12 aromatic rings. The maximum Gasteiger partial charge on any atom is 0.269 e. The van der Waals surface area contributed by atoms with Crippen LogP contribution in [0.3, 0.4) is 0 Å². The van der Waals surface area contributed by atoms with Crippen molar-refractivity contribution in [1.82, 2.24) is 14.1 Å². The average molecular weight is 1140 g/mol. The minimum absolute atomic E-state index is 0.0408. The van der Waals surface area contributed by atoms with Crippen LogP contribution in [0.4, 0.5) is 0 Å². The van der Waals surface area contributed by atoms with Crippen LogP contribution in [0.15, 0.2) is 188 Å². The van der Waals surface area contributed by atoms with E-state index in [9.17, 15) is 0 Å². The number of ether oxygens (including phenoxy) is 1. The summed E-state index contributed by atoms with van der Waals surface area (Å²) in [4.78, 5) is 4.95. The second-order valence-electron chi connectivity index (χ2n) is 28.9. The minimum Gasteiger partial charge on any atom is -0.458 e. The lowest BCUT2D eigenvalue weighted by Crippen LogP contribution is -2.34. The lowest BCUT2D eigenvalue weighted by molar-refractivity contribution is -0.570. The Bertz CT molecular complexity index is 4990. The summed E-state index contributed by atoms with van der Waals surface area (Å²) in [5.74, 6) is 2.02. The molecule has 1 aliphatic heterocycles. The molecule has 5 nitrogen and oxygen atoms in total. The Kier molecular flexibility index (Phi) is 11.3. The molecule has 0 spiro atoms. The molecular weight excluding hydrogens is 1060 g/mol. The number of fused-ring (bicyclic) bond motifs is 11. The van der Waals surface area contributed by atoms with Crippen molar-refractivity contribution in [3.8, 4) is 84.3 Å². The molecule has 87 heavy (non-hydrogen) atoms. The Labute approximate surface area is 523 Å². The lowest BCUT2D eigenvalue weighted by Gasteiger charge is -2.42. The second kappa shape index (κ2) is 19.9. The summed E-state index contributed by atoms with van der Waals surface area (Å²) < 4.78 is 67.7. The Hall–Kier alpha value is -8.80. The quantitative estimate of drug-likeness (QED) is 0.123. The van der Waals surface area contributed by atoms with Crippen LogP contribution in [0.2, 0.25) is 0 Å². The zero-order valence-electron chi connectivity index (χ0n) is 58.5. The van der Waals surface area contributed by atoms with E-state index in [0.29, 0.717) is 28.3 Å². The van der Waals surface area contributed by atoms with Gasteiger partial charge in [-0.05, 0) is 209 Å². The van der Waals surface area contributed by atoms with Gasteiger partial charge in [0.2, 0.25) is 0 Å². The van der Waals surface area contributed by atoms with Crippen LogP contribution in [-0.4, -0.2) is 14.1 Å². The van der Waals surface area contributed by atoms with Crippen molar-refractivity contribution in [3.05, 3.63) is 233 Å². The highest BCUT2D eigenvalue weighted by molar-refractivity contribution is 6.10. The molecule has 5 heteroatoms. The van der Waals surface area contributed by atoms with Gasteiger partial charge in [-0.25, -0.2) is 4.98 Å². The topological polar surface area (TPSA) is 35.9 Å². The number of aryl methyl sites for hydroxylation is 2. The summed E-state index contributed by atoms with van der Waals surface area (Å²) in [6.45, 7) is 24.5. The highest BCUT2D eigenvalue weighted by atomic mass is 16.5. The number of hydrogen-bond acceptors (Lipinski definition) is 2. The molecular formula is C82H80N4O. The summed E-state index contributed by atoms with van der Waals surface area (Å²) in [7, 11) is 0.